The van der Waals surface area contributed by atoms with E-state index < -0.39 is 15.8 Å². The van der Waals surface area contributed by atoms with E-state index in [0.29, 0.717) is 44.7 Å². The number of piperidine rings is 1. The van der Waals surface area contributed by atoms with Crippen molar-refractivity contribution in [3.63, 3.8) is 0 Å². The Morgan fingerprint density at radius 2 is 1.84 bits per heavy atom. The fraction of sp³-hybridized carbons (Fsp3) is 0.588. The zero-order valence-electron chi connectivity index (χ0n) is 14.5. The molecule has 1 N–H and O–H groups in total. The van der Waals surface area contributed by atoms with Crippen LogP contribution in [0.2, 0.25) is 0 Å². The van der Waals surface area contributed by atoms with Crippen LogP contribution < -0.4 is 4.72 Å². The third-order valence-corrected chi connectivity index (χ3v) is 6.06. The summed E-state index contributed by atoms with van der Waals surface area (Å²) in [5.74, 6) is -0.710. The highest BCUT2D eigenvalue weighted by atomic mass is 32.2. The van der Waals surface area contributed by atoms with Gasteiger partial charge in [0.05, 0.1) is 18.1 Å². The summed E-state index contributed by atoms with van der Waals surface area (Å²) in [7, 11) is -3.63. The number of carbonyl (C=O) groups is 1. The molecular weight excluding hydrogens is 344 g/mol. The number of benzene rings is 1. The lowest BCUT2D eigenvalue weighted by Gasteiger charge is -2.37. The van der Waals surface area contributed by atoms with Crippen LogP contribution in [-0.4, -0.2) is 57.4 Å². The molecule has 0 aliphatic carbocycles. The third kappa shape index (κ3) is 4.03. The number of ether oxygens (including phenoxy) is 2. The summed E-state index contributed by atoms with van der Waals surface area (Å²) in [6, 6.07) is 5.95. The maximum atomic E-state index is 12.7. The number of amides is 1. The van der Waals surface area contributed by atoms with Crippen LogP contribution >= 0.6 is 0 Å². The molecule has 0 radical (unpaired) electrons. The smallest absolute Gasteiger partial charge is 0.253 e. The molecule has 0 saturated carbocycles. The van der Waals surface area contributed by atoms with Crippen LogP contribution in [0.4, 0.5) is 0 Å². The van der Waals surface area contributed by atoms with Crippen LogP contribution in [0, 0.1) is 0 Å². The molecule has 0 atom stereocenters. The molecule has 7 nitrogen and oxygen atoms in total. The molecule has 1 aromatic rings. The predicted molar refractivity (Wildman–Crippen MR) is 91.7 cm³/mol. The van der Waals surface area contributed by atoms with E-state index in [2.05, 4.69) is 4.72 Å². The number of hydrogen-bond donors (Lipinski definition) is 1. The van der Waals surface area contributed by atoms with E-state index in [0.717, 1.165) is 0 Å². The average Bonchev–Trinajstić information content (AvgIpc) is 3.02. The highest BCUT2D eigenvalue weighted by Gasteiger charge is 2.40. The van der Waals surface area contributed by atoms with Gasteiger partial charge in [-0.25, -0.2) is 13.1 Å². The summed E-state index contributed by atoms with van der Waals surface area (Å²) in [6.45, 7) is 5.75. The Hall–Kier alpha value is -1.48. The van der Waals surface area contributed by atoms with E-state index in [9.17, 15) is 13.2 Å². The molecule has 2 aliphatic rings. The van der Waals surface area contributed by atoms with Gasteiger partial charge in [0.15, 0.2) is 5.79 Å². The Morgan fingerprint density at radius 1 is 1.20 bits per heavy atom. The minimum Gasteiger partial charge on any atom is -0.347 e. The van der Waals surface area contributed by atoms with Crippen LogP contribution in [0.5, 0.6) is 0 Å². The predicted octanol–water partition coefficient (Wildman–Crippen LogP) is 1.35. The van der Waals surface area contributed by atoms with Crippen molar-refractivity contribution in [2.45, 2.75) is 43.4 Å². The third-order valence-electron chi connectivity index (χ3n) is 4.41. The van der Waals surface area contributed by atoms with Gasteiger partial charge < -0.3 is 14.4 Å². The molecule has 0 unspecified atom stereocenters. The van der Waals surface area contributed by atoms with E-state index in [1.165, 1.54) is 12.1 Å². The number of nitrogens with one attached hydrogen (secondary N) is 1. The first kappa shape index (κ1) is 18.3. The van der Waals surface area contributed by atoms with Gasteiger partial charge in [0.1, 0.15) is 0 Å². The van der Waals surface area contributed by atoms with Gasteiger partial charge >= 0.3 is 0 Å². The van der Waals surface area contributed by atoms with Crippen molar-refractivity contribution in [3.8, 4) is 0 Å². The molecule has 0 aromatic heterocycles. The zero-order valence-corrected chi connectivity index (χ0v) is 15.3. The van der Waals surface area contributed by atoms with Crippen molar-refractivity contribution in [1.29, 1.82) is 0 Å². The molecule has 8 heteroatoms. The molecule has 1 spiro atoms. The molecule has 138 valence electrons. The van der Waals surface area contributed by atoms with Crippen LogP contribution in [0.1, 0.15) is 37.0 Å². The first-order valence-electron chi connectivity index (χ1n) is 8.51. The highest BCUT2D eigenvalue weighted by Crippen LogP contribution is 2.31. The maximum Gasteiger partial charge on any atom is 0.253 e. The van der Waals surface area contributed by atoms with E-state index in [4.69, 9.17) is 9.47 Å². The van der Waals surface area contributed by atoms with Gasteiger partial charge in [-0.3, -0.25) is 4.79 Å². The number of rotatable bonds is 4. The summed E-state index contributed by atoms with van der Waals surface area (Å²) in [5.41, 5.74) is 0.371. The number of carbonyl (C=O) groups excluding carboxylic acids is 1. The summed E-state index contributed by atoms with van der Waals surface area (Å²) >= 11 is 0. The van der Waals surface area contributed by atoms with Gasteiger partial charge in [0, 0.05) is 37.5 Å². The number of sulfonamides is 1. The number of hydrogen-bond acceptors (Lipinski definition) is 5. The summed E-state index contributed by atoms with van der Waals surface area (Å²) in [5, 5.41) is 0. The van der Waals surface area contributed by atoms with Gasteiger partial charge in [-0.05, 0) is 32.0 Å². The molecule has 3 rings (SSSR count). The lowest BCUT2D eigenvalue weighted by molar-refractivity contribution is -0.181. The van der Waals surface area contributed by atoms with Gasteiger partial charge in [-0.15, -0.1) is 0 Å². The van der Waals surface area contributed by atoms with Gasteiger partial charge in [-0.2, -0.15) is 0 Å². The van der Waals surface area contributed by atoms with Crippen molar-refractivity contribution in [1.82, 2.24) is 9.62 Å². The Kier molecular flexibility index (Phi) is 5.15. The van der Waals surface area contributed by atoms with Gasteiger partial charge in [0.25, 0.3) is 5.91 Å². The van der Waals surface area contributed by atoms with Crippen molar-refractivity contribution >= 4 is 15.9 Å². The first-order chi connectivity index (χ1) is 11.8. The summed E-state index contributed by atoms with van der Waals surface area (Å²) in [4.78, 5) is 14.6. The largest absolute Gasteiger partial charge is 0.347 e. The monoisotopic (exact) mass is 368 g/mol. The van der Waals surface area contributed by atoms with E-state index in [1.54, 1.807) is 30.9 Å². The lowest BCUT2D eigenvalue weighted by atomic mass is 10.0. The minimum absolute atomic E-state index is 0.1000. The minimum atomic E-state index is -3.63. The molecule has 25 heavy (non-hydrogen) atoms. The molecule has 2 fully saturated rings. The number of likely N-dealkylation sites (tertiary alicyclic amines) is 1. The molecule has 2 aliphatic heterocycles. The van der Waals surface area contributed by atoms with Crippen molar-refractivity contribution in [3.05, 3.63) is 29.8 Å². The van der Waals surface area contributed by atoms with Crippen LogP contribution in [0.15, 0.2) is 29.2 Å². The topological polar surface area (TPSA) is 84.9 Å². The Balaban J connectivity index is 1.72. The number of nitrogens with zero attached hydrogens (tertiary/aromatic N) is 1. The summed E-state index contributed by atoms with van der Waals surface area (Å²) in [6.07, 6.45) is 1.26. The second-order valence-electron chi connectivity index (χ2n) is 6.70. The molecular formula is C17H24N2O5S. The average molecular weight is 368 g/mol. The fourth-order valence-corrected chi connectivity index (χ4v) is 4.49. The standard InChI is InChI=1S/C17H24N2O5S/c1-13(2)18-25(21,22)15-5-3-4-14(12-15)16(20)19-8-6-17(7-9-19)23-10-11-24-17/h3-5,12-13,18H,6-11H2,1-2H3. The van der Waals surface area contributed by atoms with Crippen molar-refractivity contribution in [2.75, 3.05) is 26.3 Å². The SMILES string of the molecule is CC(C)NS(=O)(=O)c1cccc(C(=O)N2CCC3(CC2)OCCO3)c1. The molecule has 1 aromatic carbocycles. The van der Waals surface area contributed by atoms with Crippen molar-refractivity contribution < 1.29 is 22.7 Å². The quantitative estimate of drug-likeness (QED) is 0.867. The van der Waals surface area contributed by atoms with E-state index >= 15 is 0 Å². The second kappa shape index (κ2) is 7.03. The first-order valence-corrected chi connectivity index (χ1v) is 9.99. The Bertz CT molecular complexity index is 731. The molecule has 0 bridgehead atoms. The maximum absolute atomic E-state index is 12.7. The van der Waals surface area contributed by atoms with Crippen LogP contribution in [-0.2, 0) is 19.5 Å². The molecule has 2 heterocycles. The molecule has 2 saturated heterocycles. The second-order valence-corrected chi connectivity index (χ2v) is 8.42. The lowest BCUT2D eigenvalue weighted by Crippen LogP contribution is -2.47. The summed E-state index contributed by atoms with van der Waals surface area (Å²) < 4.78 is 38.5. The van der Waals surface area contributed by atoms with E-state index in [1.807, 2.05) is 0 Å². The van der Waals surface area contributed by atoms with Crippen molar-refractivity contribution in [2.24, 2.45) is 0 Å². The van der Waals surface area contributed by atoms with Gasteiger partial charge in [0.2, 0.25) is 10.0 Å². The Morgan fingerprint density at radius 3 is 2.44 bits per heavy atom. The molecule has 1 amide bonds. The zero-order chi connectivity index (χ0) is 18.1. The van der Waals surface area contributed by atoms with Crippen LogP contribution in [0.3, 0.4) is 0 Å². The fourth-order valence-electron chi connectivity index (χ4n) is 3.19. The van der Waals surface area contributed by atoms with Crippen LogP contribution in [0.25, 0.3) is 0 Å². The normalized spacial score (nSPS) is 20.4. The van der Waals surface area contributed by atoms with Gasteiger partial charge in [-0.1, -0.05) is 6.07 Å². The van der Waals surface area contributed by atoms with E-state index in [-0.39, 0.29) is 16.8 Å². The highest BCUT2D eigenvalue weighted by molar-refractivity contribution is 7.89. The Labute approximate surface area is 148 Å².